The van der Waals surface area contributed by atoms with E-state index < -0.39 is 0 Å². The zero-order valence-corrected chi connectivity index (χ0v) is 20.7. The topological polar surface area (TPSA) is 80.9 Å². The molecule has 3 aliphatic heterocycles. The highest BCUT2D eigenvalue weighted by atomic mass is 16.5. The van der Waals surface area contributed by atoms with E-state index in [0.29, 0.717) is 6.61 Å². The summed E-state index contributed by atoms with van der Waals surface area (Å²) in [6, 6.07) is 8.60. The average Bonchev–Trinajstić information content (AvgIpc) is 3.35. The van der Waals surface area contributed by atoms with E-state index in [4.69, 9.17) is 24.5 Å². The lowest BCUT2D eigenvalue weighted by Gasteiger charge is -2.36. The monoisotopic (exact) mass is 485 g/mol. The highest BCUT2D eigenvalue weighted by molar-refractivity contribution is 5.92. The molecule has 0 radical (unpaired) electrons. The minimum atomic E-state index is 0.143. The lowest BCUT2D eigenvalue weighted by atomic mass is 9.98. The van der Waals surface area contributed by atoms with Crippen molar-refractivity contribution in [1.82, 2.24) is 24.6 Å². The van der Waals surface area contributed by atoms with Crippen molar-refractivity contribution >= 4 is 28.2 Å². The van der Waals surface area contributed by atoms with Gasteiger partial charge in [0, 0.05) is 43.1 Å². The second kappa shape index (κ2) is 8.97. The zero-order valence-electron chi connectivity index (χ0n) is 20.7. The van der Waals surface area contributed by atoms with E-state index >= 15 is 0 Å². The van der Waals surface area contributed by atoms with Gasteiger partial charge in [-0.05, 0) is 37.8 Å². The molecule has 1 unspecified atom stereocenters. The molecule has 36 heavy (non-hydrogen) atoms. The second-order valence-electron chi connectivity index (χ2n) is 9.97. The summed E-state index contributed by atoms with van der Waals surface area (Å²) in [5.41, 5.74) is 6.45. The predicted octanol–water partition coefficient (Wildman–Crippen LogP) is 3.62. The van der Waals surface area contributed by atoms with Crippen LogP contribution in [0.4, 0.5) is 11.6 Å². The van der Waals surface area contributed by atoms with Crippen LogP contribution < -0.4 is 9.80 Å². The molecule has 2 fully saturated rings. The van der Waals surface area contributed by atoms with Crippen LogP contribution in [-0.4, -0.2) is 64.0 Å². The van der Waals surface area contributed by atoms with Crippen molar-refractivity contribution in [2.45, 2.75) is 45.3 Å². The zero-order chi connectivity index (χ0) is 24.1. The summed E-state index contributed by atoms with van der Waals surface area (Å²) in [6.45, 7) is 7.58. The Bertz CT molecular complexity index is 1420. The van der Waals surface area contributed by atoms with Gasteiger partial charge in [0.2, 0.25) is 0 Å². The minimum absolute atomic E-state index is 0.143. The molecule has 0 bridgehead atoms. The third-order valence-corrected chi connectivity index (χ3v) is 7.79. The summed E-state index contributed by atoms with van der Waals surface area (Å²) >= 11 is 0. The molecule has 1 aromatic carbocycles. The Hall–Kier alpha value is -3.30. The number of piperidine rings is 1. The van der Waals surface area contributed by atoms with Crippen LogP contribution in [0.1, 0.15) is 47.8 Å². The SMILES string of the molecule is Cc1cccc2ncnc(N3CCCCC3c3cc4nc5c(c(N6CCOCC6)n4n3)CCOC5)c12. The molecule has 186 valence electrons. The molecular weight excluding hydrogens is 454 g/mol. The first-order valence-corrected chi connectivity index (χ1v) is 13.1. The molecule has 0 spiro atoms. The molecule has 0 aliphatic carbocycles. The highest BCUT2D eigenvalue weighted by Crippen LogP contribution is 2.38. The lowest BCUT2D eigenvalue weighted by Crippen LogP contribution is -2.39. The maximum atomic E-state index is 5.78. The van der Waals surface area contributed by atoms with Crippen molar-refractivity contribution in [3.63, 3.8) is 0 Å². The van der Waals surface area contributed by atoms with E-state index in [1.807, 2.05) is 0 Å². The van der Waals surface area contributed by atoms with Crippen LogP contribution >= 0.6 is 0 Å². The van der Waals surface area contributed by atoms with E-state index in [-0.39, 0.29) is 6.04 Å². The Morgan fingerprint density at radius 1 is 1.00 bits per heavy atom. The first-order chi connectivity index (χ1) is 17.8. The molecule has 3 aliphatic rings. The predicted molar refractivity (Wildman–Crippen MR) is 138 cm³/mol. The number of anilines is 2. The van der Waals surface area contributed by atoms with Gasteiger partial charge in [-0.2, -0.15) is 9.61 Å². The van der Waals surface area contributed by atoms with Crippen molar-refractivity contribution < 1.29 is 9.47 Å². The van der Waals surface area contributed by atoms with Crippen LogP contribution in [0.5, 0.6) is 0 Å². The van der Waals surface area contributed by atoms with E-state index in [1.54, 1.807) is 6.33 Å². The third kappa shape index (κ3) is 3.60. The summed E-state index contributed by atoms with van der Waals surface area (Å²) < 4.78 is 13.5. The first-order valence-electron chi connectivity index (χ1n) is 13.1. The van der Waals surface area contributed by atoms with Gasteiger partial charge in [-0.1, -0.05) is 12.1 Å². The minimum Gasteiger partial charge on any atom is -0.378 e. The van der Waals surface area contributed by atoms with Crippen LogP contribution in [0.2, 0.25) is 0 Å². The Balaban J connectivity index is 1.36. The summed E-state index contributed by atoms with van der Waals surface area (Å²) in [7, 11) is 0. The Kier molecular flexibility index (Phi) is 5.47. The number of hydrogen-bond acceptors (Lipinski definition) is 8. The fourth-order valence-corrected chi connectivity index (χ4v) is 6.04. The molecule has 3 aromatic heterocycles. The normalized spacial score (nSPS) is 20.8. The molecule has 1 atom stereocenters. The quantitative estimate of drug-likeness (QED) is 0.435. The summed E-state index contributed by atoms with van der Waals surface area (Å²) in [5, 5.41) is 6.38. The van der Waals surface area contributed by atoms with Crippen molar-refractivity contribution in [2.24, 2.45) is 0 Å². The molecule has 0 saturated carbocycles. The number of nitrogens with zero attached hydrogens (tertiary/aromatic N) is 7. The van der Waals surface area contributed by atoms with E-state index in [0.717, 1.165) is 92.5 Å². The fraction of sp³-hybridized carbons (Fsp3) is 0.481. The number of ether oxygens (including phenoxy) is 2. The number of aromatic nitrogens is 5. The van der Waals surface area contributed by atoms with E-state index in [1.165, 1.54) is 23.4 Å². The van der Waals surface area contributed by atoms with Gasteiger partial charge in [0.05, 0.1) is 49.4 Å². The maximum absolute atomic E-state index is 5.78. The number of benzene rings is 1. The molecule has 9 heteroatoms. The number of morpholine rings is 1. The molecule has 7 rings (SSSR count). The van der Waals surface area contributed by atoms with Crippen LogP contribution in [-0.2, 0) is 22.5 Å². The van der Waals surface area contributed by atoms with Crippen molar-refractivity contribution in [2.75, 3.05) is 49.3 Å². The maximum Gasteiger partial charge on any atom is 0.158 e. The van der Waals surface area contributed by atoms with Gasteiger partial charge < -0.3 is 19.3 Å². The van der Waals surface area contributed by atoms with Gasteiger partial charge in [-0.25, -0.2) is 15.0 Å². The molecule has 6 heterocycles. The number of hydrogen-bond donors (Lipinski definition) is 0. The van der Waals surface area contributed by atoms with Crippen LogP contribution in [0.25, 0.3) is 16.6 Å². The summed E-state index contributed by atoms with van der Waals surface area (Å²) in [4.78, 5) is 19.2. The van der Waals surface area contributed by atoms with Crippen molar-refractivity contribution in [3.8, 4) is 0 Å². The van der Waals surface area contributed by atoms with E-state index in [2.05, 4.69) is 50.5 Å². The van der Waals surface area contributed by atoms with Crippen molar-refractivity contribution in [1.29, 1.82) is 0 Å². The fourth-order valence-electron chi connectivity index (χ4n) is 6.04. The van der Waals surface area contributed by atoms with Crippen LogP contribution in [0, 0.1) is 6.92 Å². The molecule has 0 N–H and O–H groups in total. The van der Waals surface area contributed by atoms with E-state index in [9.17, 15) is 0 Å². The Labute approximate surface area is 210 Å². The highest BCUT2D eigenvalue weighted by Gasteiger charge is 2.31. The summed E-state index contributed by atoms with van der Waals surface area (Å²) in [5.74, 6) is 2.17. The molecule has 4 aromatic rings. The largest absolute Gasteiger partial charge is 0.378 e. The van der Waals surface area contributed by atoms with Gasteiger partial charge >= 0.3 is 0 Å². The molecule has 0 amide bonds. The average molecular weight is 486 g/mol. The lowest BCUT2D eigenvalue weighted by molar-refractivity contribution is 0.106. The molecule has 2 saturated heterocycles. The van der Waals surface area contributed by atoms with Crippen molar-refractivity contribution in [3.05, 3.63) is 53.1 Å². The second-order valence-corrected chi connectivity index (χ2v) is 9.97. The van der Waals surface area contributed by atoms with Gasteiger partial charge in [0.1, 0.15) is 18.0 Å². The standard InChI is InChI=1S/C27H31N7O2/c1-18-5-4-6-20-25(18)26(29-17-28-20)33-9-3-2-7-23(33)21-15-24-30-22-16-36-12-8-19(22)27(34(24)31-21)32-10-13-35-14-11-32/h4-6,15,17,23H,2-3,7-14,16H2,1H3. The Morgan fingerprint density at radius 2 is 1.92 bits per heavy atom. The molecule has 9 nitrogen and oxygen atoms in total. The van der Waals surface area contributed by atoms with Crippen LogP contribution in [0.3, 0.4) is 0 Å². The van der Waals surface area contributed by atoms with Gasteiger partial charge in [0.15, 0.2) is 5.65 Å². The number of fused-ring (bicyclic) bond motifs is 3. The third-order valence-electron chi connectivity index (χ3n) is 7.79. The number of rotatable bonds is 3. The Morgan fingerprint density at radius 3 is 2.83 bits per heavy atom. The smallest absolute Gasteiger partial charge is 0.158 e. The van der Waals surface area contributed by atoms with Gasteiger partial charge in [0.25, 0.3) is 0 Å². The molecular formula is C27H31N7O2. The van der Waals surface area contributed by atoms with Crippen LogP contribution in [0.15, 0.2) is 30.6 Å². The van der Waals surface area contributed by atoms with Gasteiger partial charge in [-0.15, -0.1) is 0 Å². The summed E-state index contributed by atoms with van der Waals surface area (Å²) in [6.07, 6.45) is 5.91. The first kappa shape index (κ1) is 21.9. The van der Waals surface area contributed by atoms with Gasteiger partial charge in [-0.3, -0.25) is 0 Å². The number of aryl methyl sites for hydroxylation is 1.